The quantitative estimate of drug-likeness (QED) is 0.536. The van der Waals surface area contributed by atoms with Crippen LogP contribution in [0.2, 0.25) is 0 Å². The number of nitrogens with zero attached hydrogens (tertiary/aromatic N) is 4. The minimum absolute atomic E-state index is 0.833. The van der Waals surface area contributed by atoms with Crippen LogP contribution in [0.25, 0.3) is 0 Å². The molecule has 6 heteroatoms. The fourth-order valence-electron chi connectivity index (χ4n) is 1.17. The first-order valence-corrected chi connectivity index (χ1v) is 6.40. The molecule has 0 aliphatic heterocycles. The molecule has 5 nitrogen and oxygen atoms in total. The summed E-state index contributed by atoms with van der Waals surface area (Å²) in [5.41, 5.74) is 0. The van der Waals surface area contributed by atoms with Gasteiger partial charge in [-0.05, 0) is 23.9 Å². The molecule has 0 aliphatic rings. The van der Waals surface area contributed by atoms with Crippen LogP contribution < -0.4 is 5.32 Å². The summed E-state index contributed by atoms with van der Waals surface area (Å²) in [7, 11) is 1.93. The topological polar surface area (TPSA) is 55.6 Å². The van der Waals surface area contributed by atoms with Crippen molar-refractivity contribution in [2.24, 2.45) is 0 Å². The SMILES string of the molecule is CCCCCSc1nnnn1CCNC. The Balaban J connectivity index is 2.29. The number of rotatable bonds is 8. The minimum Gasteiger partial charge on any atom is -0.318 e. The zero-order valence-electron chi connectivity index (χ0n) is 9.44. The van der Waals surface area contributed by atoms with Gasteiger partial charge in [-0.3, -0.25) is 0 Å². The second-order valence-corrected chi connectivity index (χ2v) is 4.41. The van der Waals surface area contributed by atoms with Crippen molar-refractivity contribution in [3.63, 3.8) is 0 Å². The van der Waals surface area contributed by atoms with Gasteiger partial charge in [-0.15, -0.1) is 5.10 Å². The van der Waals surface area contributed by atoms with Crippen molar-refractivity contribution in [3.8, 4) is 0 Å². The lowest BCUT2D eigenvalue weighted by Crippen LogP contribution is -2.16. The van der Waals surface area contributed by atoms with Crippen LogP contribution in [0.15, 0.2) is 5.16 Å². The first kappa shape index (κ1) is 12.4. The highest BCUT2D eigenvalue weighted by Crippen LogP contribution is 2.15. The summed E-state index contributed by atoms with van der Waals surface area (Å²) in [4.78, 5) is 0. The van der Waals surface area contributed by atoms with E-state index in [1.807, 2.05) is 11.7 Å². The van der Waals surface area contributed by atoms with E-state index in [2.05, 4.69) is 27.8 Å². The number of nitrogens with one attached hydrogen (secondary N) is 1. The van der Waals surface area contributed by atoms with Gasteiger partial charge in [-0.1, -0.05) is 31.5 Å². The van der Waals surface area contributed by atoms with Crippen LogP contribution in [-0.4, -0.2) is 39.6 Å². The maximum absolute atomic E-state index is 4.00. The lowest BCUT2D eigenvalue weighted by molar-refractivity contribution is 0.530. The van der Waals surface area contributed by atoms with Crippen LogP contribution >= 0.6 is 11.8 Å². The Morgan fingerprint density at radius 3 is 3.00 bits per heavy atom. The van der Waals surface area contributed by atoms with Crippen molar-refractivity contribution < 1.29 is 0 Å². The van der Waals surface area contributed by atoms with Crippen molar-refractivity contribution in [1.82, 2.24) is 25.5 Å². The Morgan fingerprint density at radius 2 is 2.27 bits per heavy atom. The smallest absolute Gasteiger partial charge is 0.209 e. The molecule has 1 N–H and O–H groups in total. The Bertz CT molecular complexity index is 263. The summed E-state index contributed by atoms with van der Waals surface area (Å²) >= 11 is 1.74. The Morgan fingerprint density at radius 1 is 1.40 bits per heavy atom. The monoisotopic (exact) mass is 229 g/mol. The molecule has 0 atom stereocenters. The Labute approximate surface area is 95.0 Å². The summed E-state index contributed by atoms with van der Waals surface area (Å²) in [6, 6.07) is 0. The highest BCUT2D eigenvalue weighted by Gasteiger charge is 2.05. The van der Waals surface area contributed by atoms with Crippen LogP contribution in [0.3, 0.4) is 0 Å². The molecule has 0 unspecified atom stereocenters. The van der Waals surface area contributed by atoms with Crippen LogP contribution in [0.1, 0.15) is 26.2 Å². The van der Waals surface area contributed by atoms with E-state index in [1.54, 1.807) is 11.8 Å². The second kappa shape index (κ2) is 7.64. The number of likely N-dealkylation sites (N-methyl/N-ethyl adjacent to an activating group) is 1. The Hall–Kier alpha value is -0.620. The van der Waals surface area contributed by atoms with Gasteiger partial charge in [-0.25, -0.2) is 4.68 Å². The van der Waals surface area contributed by atoms with Crippen LogP contribution in [0.4, 0.5) is 0 Å². The number of hydrogen-bond donors (Lipinski definition) is 1. The van der Waals surface area contributed by atoms with Crippen LogP contribution in [0, 0.1) is 0 Å². The number of unbranched alkanes of at least 4 members (excludes halogenated alkanes) is 2. The van der Waals surface area contributed by atoms with Crippen molar-refractivity contribution in [3.05, 3.63) is 0 Å². The first-order valence-electron chi connectivity index (χ1n) is 5.42. The second-order valence-electron chi connectivity index (χ2n) is 3.34. The maximum Gasteiger partial charge on any atom is 0.209 e. The third kappa shape index (κ3) is 4.61. The van der Waals surface area contributed by atoms with Crippen molar-refractivity contribution in [1.29, 1.82) is 0 Å². The average Bonchev–Trinajstić information content (AvgIpc) is 2.69. The molecule has 86 valence electrons. The van der Waals surface area contributed by atoms with Gasteiger partial charge in [0.2, 0.25) is 5.16 Å². The lowest BCUT2D eigenvalue weighted by atomic mass is 10.3. The third-order valence-corrected chi connectivity index (χ3v) is 3.10. The lowest BCUT2D eigenvalue weighted by Gasteiger charge is -2.03. The van der Waals surface area contributed by atoms with Crippen molar-refractivity contribution >= 4 is 11.8 Å². The number of thioether (sulfide) groups is 1. The van der Waals surface area contributed by atoms with Gasteiger partial charge in [0.1, 0.15) is 0 Å². The zero-order valence-corrected chi connectivity index (χ0v) is 10.3. The van der Waals surface area contributed by atoms with Gasteiger partial charge >= 0.3 is 0 Å². The van der Waals surface area contributed by atoms with Crippen molar-refractivity contribution in [2.75, 3.05) is 19.3 Å². The average molecular weight is 229 g/mol. The van der Waals surface area contributed by atoms with Gasteiger partial charge in [0.05, 0.1) is 6.54 Å². The fourth-order valence-corrected chi connectivity index (χ4v) is 2.08. The molecule has 0 radical (unpaired) electrons. The van der Waals surface area contributed by atoms with Crippen molar-refractivity contribution in [2.45, 2.75) is 37.9 Å². The molecule has 0 aliphatic carbocycles. The van der Waals surface area contributed by atoms with Gasteiger partial charge < -0.3 is 5.32 Å². The fraction of sp³-hybridized carbons (Fsp3) is 0.889. The van der Waals surface area contributed by atoms with Crippen LogP contribution in [0.5, 0.6) is 0 Å². The number of tetrazole rings is 1. The molecule has 0 bridgehead atoms. The summed E-state index contributed by atoms with van der Waals surface area (Å²) < 4.78 is 1.85. The van der Waals surface area contributed by atoms with E-state index in [9.17, 15) is 0 Å². The van der Waals surface area contributed by atoms with Gasteiger partial charge in [0.15, 0.2) is 0 Å². The highest BCUT2D eigenvalue weighted by molar-refractivity contribution is 7.99. The third-order valence-electron chi connectivity index (χ3n) is 2.05. The Kier molecular flexibility index (Phi) is 6.34. The van der Waals surface area contributed by atoms with E-state index in [-0.39, 0.29) is 0 Å². The minimum atomic E-state index is 0.833. The molecule has 0 spiro atoms. The predicted octanol–water partition coefficient (Wildman–Crippen LogP) is 1.17. The van der Waals surface area contributed by atoms with Gasteiger partial charge in [0, 0.05) is 12.3 Å². The molecule has 0 saturated carbocycles. The van der Waals surface area contributed by atoms with Gasteiger partial charge in [-0.2, -0.15) is 0 Å². The molecule has 1 rings (SSSR count). The molecule has 15 heavy (non-hydrogen) atoms. The number of hydrogen-bond acceptors (Lipinski definition) is 5. The molecular weight excluding hydrogens is 210 g/mol. The predicted molar refractivity (Wildman–Crippen MR) is 62.0 cm³/mol. The van der Waals surface area contributed by atoms with E-state index >= 15 is 0 Å². The largest absolute Gasteiger partial charge is 0.318 e. The van der Waals surface area contributed by atoms with Gasteiger partial charge in [0.25, 0.3) is 0 Å². The zero-order chi connectivity index (χ0) is 10.9. The summed E-state index contributed by atoms with van der Waals surface area (Å²) in [6.45, 7) is 3.94. The standard InChI is InChI=1S/C9H19N5S/c1-3-4-5-8-15-9-11-12-13-14(9)7-6-10-2/h10H,3-8H2,1-2H3. The van der Waals surface area contributed by atoms with E-state index in [0.29, 0.717) is 0 Å². The van der Waals surface area contributed by atoms with Crippen LogP contribution in [-0.2, 0) is 6.54 Å². The summed E-state index contributed by atoms with van der Waals surface area (Å²) in [6.07, 6.45) is 3.77. The van der Waals surface area contributed by atoms with E-state index in [1.165, 1.54) is 19.3 Å². The first-order chi connectivity index (χ1) is 7.38. The summed E-state index contributed by atoms with van der Waals surface area (Å²) in [5, 5.41) is 15.7. The molecule has 0 fully saturated rings. The molecule has 1 aromatic rings. The molecule has 1 aromatic heterocycles. The molecule has 0 amide bonds. The van der Waals surface area contributed by atoms with E-state index < -0.39 is 0 Å². The normalized spacial score (nSPS) is 10.8. The molecule has 0 aromatic carbocycles. The van der Waals surface area contributed by atoms with E-state index in [4.69, 9.17) is 0 Å². The number of aromatic nitrogens is 4. The highest BCUT2D eigenvalue weighted by atomic mass is 32.2. The molecular formula is C9H19N5S. The maximum atomic E-state index is 4.00. The molecule has 0 saturated heterocycles. The molecule has 1 heterocycles. The summed E-state index contributed by atoms with van der Waals surface area (Å²) in [5.74, 6) is 1.10. The van der Waals surface area contributed by atoms with E-state index in [0.717, 1.165) is 24.0 Å².